The van der Waals surface area contributed by atoms with Crippen LogP contribution in [-0.2, 0) is 12.8 Å². The second kappa shape index (κ2) is 6.24. The molecule has 0 saturated carbocycles. The minimum absolute atomic E-state index is 0.706. The number of benzene rings is 1. The fourth-order valence-electron chi connectivity index (χ4n) is 3.77. The molecular weight excluding hydrogens is 262 g/mol. The largest absolute Gasteiger partial charge is 0.494 e. The van der Waals surface area contributed by atoms with E-state index in [0.29, 0.717) is 6.04 Å². The highest BCUT2D eigenvalue weighted by molar-refractivity contribution is 5.59. The van der Waals surface area contributed by atoms with Gasteiger partial charge in [-0.1, -0.05) is 6.07 Å². The molecule has 4 heteroatoms. The first kappa shape index (κ1) is 14.7. The average Bonchev–Trinajstić information content (AvgIpc) is 2.71. The topological polar surface area (TPSA) is 41.7 Å². The molecule has 1 unspecified atom stereocenters. The smallest absolute Gasteiger partial charge is 0.145 e. The lowest BCUT2D eigenvalue weighted by Gasteiger charge is -2.37. The van der Waals surface area contributed by atoms with Gasteiger partial charge >= 0.3 is 0 Å². The lowest BCUT2D eigenvalue weighted by atomic mass is 10.0. The molecule has 1 atom stereocenters. The van der Waals surface area contributed by atoms with Crippen LogP contribution in [-0.4, -0.2) is 56.2 Å². The molecule has 4 nitrogen and oxygen atoms in total. The molecule has 0 amide bonds. The van der Waals surface area contributed by atoms with Crippen molar-refractivity contribution in [2.24, 2.45) is 0 Å². The van der Waals surface area contributed by atoms with E-state index in [1.165, 1.54) is 50.1 Å². The van der Waals surface area contributed by atoms with Crippen LogP contribution in [0.15, 0.2) is 12.1 Å². The van der Waals surface area contributed by atoms with Crippen LogP contribution in [0.25, 0.3) is 0 Å². The second-order valence-electron chi connectivity index (χ2n) is 6.40. The van der Waals surface area contributed by atoms with Gasteiger partial charge in [-0.05, 0) is 49.9 Å². The van der Waals surface area contributed by atoms with Gasteiger partial charge in [0.2, 0.25) is 0 Å². The summed E-state index contributed by atoms with van der Waals surface area (Å²) in [5, 5.41) is 0. The molecule has 1 fully saturated rings. The van der Waals surface area contributed by atoms with E-state index in [-0.39, 0.29) is 0 Å². The van der Waals surface area contributed by atoms with Gasteiger partial charge in [-0.3, -0.25) is 4.90 Å². The number of anilines is 1. The first-order valence-electron chi connectivity index (χ1n) is 8.06. The molecule has 3 rings (SSSR count). The summed E-state index contributed by atoms with van der Waals surface area (Å²) in [6.07, 6.45) is 4.70. The first-order valence-corrected chi connectivity index (χ1v) is 8.06. The molecule has 0 bridgehead atoms. The third kappa shape index (κ3) is 3.01. The van der Waals surface area contributed by atoms with Crippen molar-refractivity contribution in [3.63, 3.8) is 0 Å². The second-order valence-corrected chi connectivity index (χ2v) is 6.40. The van der Waals surface area contributed by atoms with E-state index in [9.17, 15) is 0 Å². The summed E-state index contributed by atoms with van der Waals surface area (Å²) >= 11 is 0. The lowest BCUT2D eigenvalue weighted by molar-refractivity contribution is 0.103. The van der Waals surface area contributed by atoms with Crippen LogP contribution in [0.5, 0.6) is 5.75 Å². The van der Waals surface area contributed by atoms with Gasteiger partial charge in [-0.25, -0.2) is 0 Å². The van der Waals surface area contributed by atoms with Gasteiger partial charge in [0, 0.05) is 32.2 Å². The maximum Gasteiger partial charge on any atom is 0.145 e. The van der Waals surface area contributed by atoms with Crippen LogP contribution in [0, 0.1) is 0 Å². The number of nitrogens with zero attached hydrogens (tertiary/aromatic N) is 2. The summed E-state index contributed by atoms with van der Waals surface area (Å²) in [6.45, 7) is 4.80. The maximum absolute atomic E-state index is 6.06. The van der Waals surface area contributed by atoms with E-state index in [1.807, 2.05) is 6.07 Å². The van der Waals surface area contributed by atoms with Gasteiger partial charge in [-0.2, -0.15) is 0 Å². The van der Waals surface area contributed by atoms with E-state index in [1.54, 1.807) is 7.11 Å². The van der Waals surface area contributed by atoms with Crippen molar-refractivity contribution in [3.05, 3.63) is 23.3 Å². The number of rotatable bonds is 2. The zero-order chi connectivity index (χ0) is 14.8. The lowest BCUT2D eigenvalue weighted by Crippen LogP contribution is -2.49. The number of piperazine rings is 1. The molecule has 1 aliphatic carbocycles. The van der Waals surface area contributed by atoms with E-state index in [2.05, 4.69) is 22.9 Å². The summed E-state index contributed by atoms with van der Waals surface area (Å²) in [5.41, 5.74) is 9.60. The molecule has 116 valence electrons. The Balaban J connectivity index is 1.73. The third-order valence-electron chi connectivity index (χ3n) is 5.12. The Morgan fingerprint density at radius 3 is 2.52 bits per heavy atom. The zero-order valence-corrected chi connectivity index (χ0v) is 13.3. The number of likely N-dealkylation sites (N-methyl/N-ethyl adjacent to an activating group) is 1. The molecule has 2 aliphatic rings. The molecule has 0 aromatic heterocycles. The molecule has 1 heterocycles. The van der Waals surface area contributed by atoms with E-state index >= 15 is 0 Å². The number of hydrogen-bond donors (Lipinski definition) is 1. The minimum Gasteiger partial charge on any atom is -0.494 e. The van der Waals surface area contributed by atoms with Crippen molar-refractivity contribution in [3.8, 4) is 5.75 Å². The molecule has 0 spiro atoms. The highest BCUT2D eigenvalue weighted by atomic mass is 16.5. The number of nitrogens with two attached hydrogens (primary N) is 1. The highest BCUT2D eigenvalue weighted by Crippen LogP contribution is 2.34. The Kier molecular flexibility index (Phi) is 4.36. The van der Waals surface area contributed by atoms with Gasteiger partial charge in [0.05, 0.1) is 12.8 Å². The van der Waals surface area contributed by atoms with E-state index in [4.69, 9.17) is 10.5 Å². The molecule has 1 aliphatic heterocycles. The summed E-state index contributed by atoms with van der Waals surface area (Å²) < 4.78 is 5.55. The first-order chi connectivity index (χ1) is 10.2. The number of aryl methyl sites for hydroxylation is 1. The predicted molar refractivity (Wildman–Crippen MR) is 86.9 cm³/mol. The zero-order valence-electron chi connectivity index (χ0n) is 13.3. The number of ether oxygens (including phenoxy) is 1. The summed E-state index contributed by atoms with van der Waals surface area (Å²) in [6, 6.07) is 4.89. The summed E-state index contributed by atoms with van der Waals surface area (Å²) in [7, 11) is 3.95. The van der Waals surface area contributed by atoms with Crippen LogP contribution >= 0.6 is 0 Å². The number of fused-ring (bicyclic) bond motifs is 1. The quantitative estimate of drug-likeness (QED) is 0.665. The van der Waals surface area contributed by atoms with E-state index < -0.39 is 0 Å². The Morgan fingerprint density at radius 1 is 1.10 bits per heavy atom. The summed E-state index contributed by atoms with van der Waals surface area (Å²) in [4.78, 5) is 5.10. The van der Waals surface area contributed by atoms with Crippen molar-refractivity contribution in [2.45, 2.75) is 31.7 Å². The SMILES string of the molecule is COc1c(N)ccc2c1CCC(N1CCN(C)CC1)CC2. The van der Waals surface area contributed by atoms with Crippen molar-refractivity contribution in [1.29, 1.82) is 0 Å². The Hall–Kier alpha value is -1.26. The number of methoxy groups -OCH3 is 1. The molecule has 2 N–H and O–H groups in total. The third-order valence-corrected chi connectivity index (χ3v) is 5.12. The van der Waals surface area contributed by atoms with Crippen molar-refractivity contribution in [2.75, 3.05) is 46.1 Å². The number of nitrogen functional groups attached to an aromatic ring is 1. The van der Waals surface area contributed by atoms with Gasteiger partial charge < -0.3 is 15.4 Å². The minimum atomic E-state index is 0.706. The average molecular weight is 289 g/mol. The Morgan fingerprint density at radius 2 is 1.81 bits per heavy atom. The molecule has 21 heavy (non-hydrogen) atoms. The van der Waals surface area contributed by atoms with Crippen LogP contribution in [0.3, 0.4) is 0 Å². The number of hydrogen-bond acceptors (Lipinski definition) is 4. The Labute approximate surface area is 127 Å². The maximum atomic E-state index is 6.06. The van der Waals surface area contributed by atoms with Crippen LogP contribution in [0.4, 0.5) is 5.69 Å². The van der Waals surface area contributed by atoms with Crippen LogP contribution in [0.2, 0.25) is 0 Å². The molecular formula is C17H27N3O. The van der Waals surface area contributed by atoms with Gasteiger partial charge in [0.15, 0.2) is 0 Å². The van der Waals surface area contributed by atoms with Gasteiger partial charge in [-0.15, -0.1) is 0 Å². The molecule has 1 aromatic carbocycles. The van der Waals surface area contributed by atoms with Crippen LogP contribution < -0.4 is 10.5 Å². The van der Waals surface area contributed by atoms with Crippen molar-refractivity contribution in [1.82, 2.24) is 9.80 Å². The standard InChI is InChI=1S/C17H27N3O/c1-19-9-11-20(12-10-19)14-5-3-13-4-8-16(18)17(21-2)15(13)7-6-14/h4,8,14H,3,5-7,9-12,18H2,1-2H3. The Bertz CT molecular complexity index is 495. The van der Waals surface area contributed by atoms with E-state index in [0.717, 1.165) is 24.3 Å². The molecule has 1 aromatic rings. The summed E-state index contributed by atoms with van der Waals surface area (Å²) in [5.74, 6) is 0.909. The monoisotopic (exact) mass is 289 g/mol. The molecule has 1 saturated heterocycles. The normalized spacial score (nSPS) is 24.4. The van der Waals surface area contributed by atoms with Gasteiger partial charge in [0.1, 0.15) is 5.75 Å². The van der Waals surface area contributed by atoms with Crippen LogP contribution in [0.1, 0.15) is 24.0 Å². The van der Waals surface area contributed by atoms with Gasteiger partial charge in [0.25, 0.3) is 0 Å². The van der Waals surface area contributed by atoms with Crippen molar-refractivity contribution >= 4 is 5.69 Å². The fourth-order valence-corrected chi connectivity index (χ4v) is 3.77. The highest BCUT2D eigenvalue weighted by Gasteiger charge is 2.26. The fraction of sp³-hybridized carbons (Fsp3) is 0.647. The predicted octanol–water partition coefficient (Wildman–Crippen LogP) is 1.77. The van der Waals surface area contributed by atoms with Crippen molar-refractivity contribution < 1.29 is 4.74 Å². The molecule has 0 radical (unpaired) electrons.